The molecule has 7 heteroatoms. The Balaban J connectivity index is 1.57. The van der Waals surface area contributed by atoms with Gasteiger partial charge >= 0.3 is 0 Å². The van der Waals surface area contributed by atoms with Crippen LogP contribution in [0.2, 0.25) is 0 Å². The van der Waals surface area contributed by atoms with E-state index >= 15 is 0 Å². The van der Waals surface area contributed by atoms with Crippen molar-refractivity contribution in [3.8, 4) is 23.0 Å². The van der Waals surface area contributed by atoms with Gasteiger partial charge in [-0.2, -0.15) is 0 Å². The lowest BCUT2D eigenvalue weighted by Crippen LogP contribution is -2.64. The van der Waals surface area contributed by atoms with Crippen LogP contribution >= 0.6 is 12.2 Å². The molecule has 2 aromatic carbocycles. The summed E-state index contributed by atoms with van der Waals surface area (Å²) in [4.78, 5) is 2.13. The van der Waals surface area contributed by atoms with Crippen LogP contribution in [0.1, 0.15) is 30.5 Å². The lowest BCUT2D eigenvalue weighted by atomic mass is 9.90. The number of para-hydroxylation sites is 1. The van der Waals surface area contributed by atoms with Crippen LogP contribution in [-0.4, -0.2) is 43.6 Å². The molecule has 2 aliphatic heterocycles. The van der Waals surface area contributed by atoms with E-state index in [9.17, 15) is 0 Å². The number of fused-ring (bicyclic) bond motifs is 4. The van der Waals surface area contributed by atoms with Gasteiger partial charge in [-0.3, -0.25) is 0 Å². The van der Waals surface area contributed by atoms with Crippen LogP contribution in [0, 0.1) is 0 Å². The quantitative estimate of drug-likeness (QED) is 0.724. The Bertz CT molecular complexity index is 935. The molecule has 0 spiro atoms. The second-order valence-electron chi connectivity index (χ2n) is 7.45. The first-order valence-electron chi connectivity index (χ1n) is 9.64. The Morgan fingerprint density at radius 1 is 1.10 bits per heavy atom. The van der Waals surface area contributed by atoms with Crippen LogP contribution < -0.4 is 24.3 Å². The molecule has 1 N–H and O–H groups in total. The molecule has 2 atom stereocenters. The summed E-state index contributed by atoms with van der Waals surface area (Å²) in [6, 6.07) is 12.1. The van der Waals surface area contributed by atoms with Gasteiger partial charge in [0.2, 0.25) is 0 Å². The van der Waals surface area contributed by atoms with Gasteiger partial charge in [0.1, 0.15) is 0 Å². The molecule has 0 aromatic heterocycles. The average Bonchev–Trinajstić information content (AvgIpc) is 2.72. The Morgan fingerprint density at radius 2 is 1.86 bits per heavy atom. The second-order valence-corrected chi connectivity index (χ2v) is 7.84. The molecule has 0 amide bonds. The minimum Gasteiger partial charge on any atom is -0.493 e. The summed E-state index contributed by atoms with van der Waals surface area (Å²) < 4.78 is 22.8. The largest absolute Gasteiger partial charge is 0.493 e. The van der Waals surface area contributed by atoms with Gasteiger partial charge in [-0.25, -0.2) is 0 Å². The minimum atomic E-state index is -0.537. The maximum atomic E-state index is 6.49. The topological polar surface area (TPSA) is 52.2 Å². The van der Waals surface area contributed by atoms with Gasteiger partial charge in [-0.1, -0.05) is 18.2 Å². The molecule has 29 heavy (non-hydrogen) atoms. The van der Waals surface area contributed by atoms with Crippen molar-refractivity contribution in [1.29, 1.82) is 0 Å². The molecule has 1 saturated heterocycles. The molecule has 2 heterocycles. The number of hydrogen-bond donors (Lipinski definition) is 1. The third-order valence-corrected chi connectivity index (χ3v) is 6.03. The van der Waals surface area contributed by atoms with Gasteiger partial charge in [0.05, 0.1) is 27.4 Å². The first-order valence-corrected chi connectivity index (χ1v) is 10.0. The van der Waals surface area contributed by atoms with Gasteiger partial charge in [0.15, 0.2) is 33.8 Å². The number of hydrogen-bond acceptors (Lipinski definition) is 5. The first kappa shape index (κ1) is 19.6. The highest BCUT2D eigenvalue weighted by atomic mass is 32.1. The third kappa shape index (κ3) is 3.44. The lowest BCUT2D eigenvalue weighted by Gasteiger charge is -2.52. The fourth-order valence-electron chi connectivity index (χ4n) is 4.18. The summed E-state index contributed by atoms with van der Waals surface area (Å²) in [5, 5.41) is 4.19. The van der Waals surface area contributed by atoms with Crippen molar-refractivity contribution in [2.75, 3.05) is 27.9 Å². The van der Waals surface area contributed by atoms with Crippen molar-refractivity contribution in [3.63, 3.8) is 0 Å². The van der Waals surface area contributed by atoms with Gasteiger partial charge < -0.3 is 29.2 Å². The molecule has 0 saturated carbocycles. The van der Waals surface area contributed by atoms with Gasteiger partial charge in [-0.15, -0.1) is 0 Å². The van der Waals surface area contributed by atoms with Crippen LogP contribution in [0.5, 0.6) is 23.0 Å². The molecule has 1 fully saturated rings. The van der Waals surface area contributed by atoms with E-state index in [1.807, 2.05) is 30.3 Å². The number of rotatable bonds is 6. The number of nitrogens with zero attached hydrogens (tertiary/aromatic N) is 1. The average molecular weight is 415 g/mol. The monoisotopic (exact) mass is 414 g/mol. The highest BCUT2D eigenvalue weighted by Crippen LogP contribution is 2.48. The van der Waals surface area contributed by atoms with Crippen molar-refractivity contribution >= 4 is 17.3 Å². The second kappa shape index (κ2) is 7.63. The number of methoxy groups -OCH3 is 3. The smallest absolute Gasteiger partial charge is 0.184 e. The molecule has 154 valence electrons. The van der Waals surface area contributed by atoms with Crippen LogP contribution in [0.25, 0.3) is 0 Å². The summed E-state index contributed by atoms with van der Waals surface area (Å²) in [7, 11) is 4.95. The minimum absolute atomic E-state index is 0.115. The van der Waals surface area contributed by atoms with Crippen molar-refractivity contribution in [1.82, 2.24) is 10.2 Å². The molecular formula is C22H26N2O4S. The van der Waals surface area contributed by atoms with Gasteiger partial charge in [0, 0.05) is 18.5 Å². The van der Waals surface area contributed by atoms with Gasteiger partial charge in [0.25, 0.3) is 0 Å². The molecule has 2 aromatic rings. The summed E-state index contributed by atoms with van der Waals surface area (Å²) >= 11 is 5.71. The Hall–Kier alpha value is -2.67. The van der Waals surface area contributed by atoms with E-state index in [1.54, 1.807) is 21.3 Å². The number of benzene rings is 2. The summed E-state index contributed by atoms with van der Waals surface area (Å²) in [6.07, 6.45) is 1.60. The number of ether oxygens (including phenoxy) is 4. The molecule has 2 bridgehead atoms. The van der Waals surface area contributed by atoms with Crippen LogP contribution in [0.4, 0.5) is 0 Å². The fraction of sp³-hybridized carbons (Fsp3) is 0.409. The summed E-state index contributed by atoms with van der Waals surface area (Å²) in [5.74, 6) is 2.98. The summed E-state index contributed by atoms with van der Waals surface area (Å²) in [5.41, 5.74) is 1.69. The number of thiocarbonyl (C=S) groups is 1. The summed E-state index contributed by atoms with van der Waals surface area (Å²) in [6.45, 7) is 2.81. The first-order chi connectivity index (χ1) is 14.0. The highest BCUT2D eigenvalue weighted by molar-refractivity contribution is 7.80. The Kier molecular flexibility index (Phi) is 5.17. The van der Waals surface area contributed by atoms with Crippen molar-refractivity contribution in [2.45, 2.75) is 31.5 Å². The standard InChI is InChI=1S/C22H26N2O4S/c1-22-13-16(15-6-5-7-18(26-3)20(15)28-22)23-21(29)24(22)11-10-14-8-9-17(25-2)19(12-14)27-4/h5-9,12,16H,10-11,13H2,1-4H3,(H,23,29). The van der Waals surface area contributed by atoms with Crippen molar-refractivity contribution < 1.29 is 18.9 Å². The zero-order valence-corrected chi connectivity index (χ0v) is 18.0. The Morgan fingerprint density at radius 3 is 2.59 bits per heavy atom. The fourth-order valence-corrected chi connectivity index (χ4v) is 4.60. The molecule has 6 nitrogen and oxygen atoms in total. The SMILES string of the molecule is COc1ccc(CCN2C(=S)NC3CC2(C)Oc2c(OC)cccc23)cc1OC. The number of nitrogens with one attached hydrogen (secondary N) is 1. The van der Waals surface area contributed by atoms with Gasteiger partial charge in [-0.05, 0) is 49.3 Å². The zero-order chi connectivity index (χ0) is 20.6. The molecule has 2 unspecified atom stereocenters. The van der Waals surface area contributed by atoms with Crippen LogP contribution in [0.3, 0.4) is 0 Å². The highest BCUT2D eigenvalue weighted by Gasteiger charge is 2.48. The molecular weight excluding hydrogens is 388 g/mol. The third-order valence-electron chi connectivity index (χ3n) is 5.70. The van der Waals surface area contributed by atoms with E-state index in [0.29, 0.717) is 5.11 Å². The zero-order valence-electron chi connectivity index (χ0n) is 17.2. The van der Waals surface area contributed by atoms with Crippen molar-refractivity contribution in [3.05, 3.63) is 47.5 Å². The van der Waals surface area contributed by atoms with E-state index < -0.39 is 5.72 Å². The van der Waals surface area contributed by atoms with Crippen molar-refractivity contribution in [2.24, 2.45) is 0 Å². The van der Waals surface area contributed by atoms with Crippen LogP contribution in [-0.2, 0) is 6.42 Å². The normalized spacial score (nSPS) is 22.3. The predicted molar refractivity (Wildman–Crippen MR) is 115 cm³/mol. The molecule has 2 aliphatic rings. The lowest BCUT2D eigenvalue weighted by molar-refractivity contribution is -0.0690. The Labute approximate surface area is 176 Å². The molecule has 0 radical (unpaired) electrons. The van der Waals surface area contributed by atoms with Crippen LogP contribution in [0.15, 0.2) is 36.4 Å². The van der Waals surface area contributed by atoms with E-state index in [2.05, 4.69) is 23.2 Å². The maximum Gasteiger partial charge on any atom is 0.184 e. The predicted octanol–water partition coefficient (Wildman–Crippen LogP) is 3.69. The maximum absolute atomic E-state index is 6.49. The van der Waals surface area contributed by atoms with E-state index in [1.165, 1.54) is 0 Å². The molecule has 4 rings (SSSR count). The van der Waals surface area contributed by atoms with E-state index in [-0.39, 0.29) is 6.04 Å². The molecule has 0 aliphatic carbocycles. The van der Waals surface area contributed by atoms with E-state index in [4.69, 9.17) is 31.2 Å². The van der Waals surface area contributed by atoms with E-state index in [0.717, 1.165) is 53.5 Å².